The van der Waals surface area contributed by atoms with Crippen molar-refractivity contribution >= 4 is 28.3 Å². The summed E-state index contributed by atoms with van der Waals surface area (Å²) >= 11 is 4.94. The smallest absolute Gasteiger partial charge is 0.227 e. The van der Waals surface area contributed by atoms with Crippen molar-refractivity contribution in [1.82, 2.24) is 4.98 Å². The van der Waals surface area contributed by atoms with Gasteiger partial charge in [0, 0.05) is 11.1 Å². The molecule has 1 aromatic heterocycles. The minimum absolute atomic E-state index is 0.362. The molecule has 0 spiro atoms. The van der Waals surface area contributed by atoms with E-state index in [1.54, 1.807) is 0 Å². The van der Waals surface area contributed by atoms with Crippen molar-refractivity contribution in [1.29, 1.82) is 0 Å². The van der Waals surface area contributed by atoms with Gasteiger partial charge in [-0.05, 0) is 30.3 Å². The number of benzene rings is 2. The Morgan fingerprint density at radius 3 is 2.61 bits per heavy atom. The van der Waals surface area contributed by atoms with Crippen LogP contribution in [0, 0.1) is 0 Å². The van der Waals surface area contributed by atoms with E-state index in [4.69, 9.17) is 22.4 Å². The van der Waals surface area contributed by atoms with Crippen molar-refractivity contribution in [2.45, 2.75) is 0 Å². The molecule has 0 fully saturated rings. The second-order valence-electron chi connectivity index (χ2n) is 3.93. The second kappa shape index (κ2) is 4.23. The zero-order valence-electron chi connectivity index (χ0n) is 9.46. The van der Waals surface area contributed by atoms with E-state index >= 15 is 0 Å². The number of fused-ring (bicyclic) bond motifs is 1. The Balaban J connectivity index is 2.14. The predicted octanol–water partition coefficient (Wildman–Crippen LogP) is 3.13. The van der Waals surface area contributed by atoms with Crippen LogP contribution in [0.1, 0.15) is 5.56 Å². The average molecular weight is 254 g/mol. The van der Waals surface area contributed by atoms with Gasteiger partial charge in [-0.25, -0.2) is 4.98 Å². The summed E-state index contributed by atoms with van der Waals surface area (Å²) in [6.45, 7) is 0. The number of hydrogen-bond donors (Lipinski definition) is 1. The Bertz CT molecular complexity index is 719. The third kappa shape index (κ3) is 1.87. The molecule has 2 N–H and O–H groups in total. The zero-order chi connectivity index (χ0) is 12.5. The molecule has 0 atom stereocenters. The lowest BCUT2D eigenvalue weighted by Gasteiger charge is -1.94. The summed E-state index contributed by atoms with van der Waals surface area (Å²) in [5, 5.41) is 0. The monoisotopic (exact) mass is 254 g/mol. The number of thiocarbonyl (C=S) groups is 1. The molecule has 0 aliphatic carbocycles. The molecule has 4 heteroatoms. The lowest BCUT2D eigenvalue weighted by atomic mass is 10.2. The minimum Gasteiger partial charge on any atom is -0.436 e. The van der Waals surface area contributed by atoms with Crippen molar-refractivity contribution in [3.05, 3.63) is 54.1 Å². The summed E-state index contributed by atoms with van der Waals surface area (Å²) in [4.78, 5) is 4.81. The summed E-state index contributed by atoms with van der Waals surface area (Å²) in [7, 11) is 0. The Kier molecular flexibility index (Phi) is 2.57. The van der Waals surface area contributed by atoms with Crippen LogP contribution in [-0.4, -0.2) is 9.97 Å². The van der Waals surface area contributed by atoms with E-state index in [9.17, 15) is 0 Å². The van der Waals surface area contributed by atoms with Crippen molar-refractivity contribution in [3.8, 4) is 11.5 Å². The molecule has 1 heterocycles. The number of nitrogens with zero attached hydrogens (tertiary/aromatic N) is 1. The van der Waals surface area contributed by atoms with Gasteiger partial charge in [0.25, 0.3) is 0 Å². The molecule has 2 aromatic carbocycles. The van der Waals surface area contributed by atoms with Crippen LogP contribution in [0.5, 0.6) is 0 Å². The summed E-state index contributed by atoms with van der Waals surface area (Å²) < 4.78 is 5.69. The van der Waals surface area contributed by atoms with E-state index in [0.29, 0.717) is 10.9 Å². The lowest BCUT2D eigenvalue weighted by Crippen LogP contribution is -2.08. The van der Waals surface area contributed by atoms with Gasteiger partial charge in [0.05, 0.1) is 0 Å². The van der Waals surface area contributed by atoms with Crippen LogP contribution in [0.4, 0.5) is 0 Å². The minimum atomic E-state index is 0.362. The molecule has 0 amide bonds. The lowest BCUT2D eigenvalue weighted by molar-refractivity contribution is 0.620. The number of nitrogens with two attached hydrogens (primary N) is 1. The highest BCUT2D eigenvalue weighted by molar-refractivity contribution is 7.80. The first-order chi connectivity index (χ1) is 8.74. The third-order valence-corrected chi connectivity index (χ3v) is 2.93. The molecular formula is C14H10N2OS. The van der Waals surface area contributed by atoms with Crippen molar-refractivity contribution in [2.24, 2.45) is 5.73 Å². The van der Waals surface area contributed by atoms with E-state index in [0.717, 1.165) is 22.2 Å². The first-order valence-corrected chi connectivity index (χ1v) is 5.91. The van der Waals surface area contributed by atoms with E-state index in [2.05, 4.69) is 4.98 Å². The summed E-state index contributed by atoms with van der Waals surface area (Å²) in [6, 6.07) is 15.3. The predicted molar refractivity (Wildman–Crippen MR) is 75.3 cm³/mol. The highest BCUT2D eigenvalue weighted by atomic mass is 32.1. The Morgan fingerprint density at radius 2 is 1.89 bits per heavy atom. The van der Waals surface area contributed by atoms with E-state index in [-0.39, 0.29) is 0 Å². The highest BCUT2D eigenvalue weighted by Crippen LogP contribution is 2.24. The molecule has 0 aliphatic heterocycles. The van der Waals surface area contributed by atoms with Crippen LogP contribution in [0.15, 0.2) is 52.9 Å². The Labute approximate surface area is 109 Å². The van der Waals surface area contributed by atoms with E-state index in [1.165, 1.54) is 0 Å². The summed E-state index contributed by atoms with van der Waals surface area (Å²) in [5.74, 6) is 0.602. The average Bonchev–Trinajstić information content (AvgIpc) is 2.82. The van der Waals surface area contributed by atoms with Crippen LogP contribution < -0.4 is 5.73 Å². The van der Waals surface area contributed by atoms with E-state index < -0.39 is 0 Å². The molecule has 0 unspecified atom stereocenters. The largest absolute Gasteiger partial charge is 0.436 e. The van der Waals surface area contributed by atoms with Crippen molar-refractivity contribution in [3.63, 3.8) is 0 Å². The maximum Gasteiger partial charge on any atom is 0.227 e. The molecule has 0 saturated carbocycles. The summed E-state index contributed by atoms with van der Waals surface area (Å²) in [5.41, 5.74) is 8.84. The Hall–Kier alpha value is -2.20. The van der Waals surface area contributed by atoms with Crippen LogP contribution in [0.3, 0.4) is 0 Å². The molecule has 0 aliphatic rings. The molecule has 3 rings (SSSR count). The maximum absolute atomic E-state index is 5.69. The molecule has 0 bridgehead atoms. The van der Waals surface area contributed by atoms with Gasteiger partial charge in [0.15, 0.2) is 5.58 Å². The molecule has 0 saturated heterocycles. The zero-order valence-corrected chi connectivity index (χ0v) is 10.3. The normalized spacial score (nSPS) is 10.7. The van der Waals surface area contributed by atoms with Crippen LogP contribution in [0.2, 0.25) is 0 Å². The quantitative estimate of drug-likeness (QED) is 0.714. The van der Waals surface area contributed by atoms with Crippen LogP contribution >= 0.6 is 12.2 Å². The van der Waals surface area contributed by atoms with Gasteiger partial charge in [-0.1, -0.05) is 30.4 Å². The molecule has 3 nitrogen and oxygen atoms in total. The van der Waals surface area contributed by atoms with Gasteiger partial charge < -0.3 is 10.2 Å². The number of rotatable bonds is 2. The van der Waals surface area contributed by atoms with Gasteiger partial charge in [-0.15, -0.1) is 0 Å². The fourth-order valence-electron chi connectivity index (χ4n) is 1.78. The standard InChI is InChI=1S/C14H10N2OS/c15-13(18)10-6-7-12-11(8-10)16-14(17-12)9-4-2-1-3-5-9/h1-8H,(H2,15,18). The van der Waals surface area contributed by atoms with Crippen molar-refractivity contribution < 1.29 is 4.42 Å². The summed E-state index contributed by atoms with van der Waals surface area (Å²) in [6.07, 6.45) is 0. The first-order valence-electron chi connectivity index (χ1n) is 5.50. The van der Waals surface area contributed by atoms with Gasteiger partial charge in [-0.3, -0.25) is 0 Å². The number of aromatic nitrogens is 1. The highest BCUT2D eigenvalue weighted by Gasteiger charge is 2.08. The molecule has 0 radical (unpaired) electrons. The van der Waals surface area contributed by atoms with E-state index in [1.807, 2.05) is 48.5 Å². The molecular weight excluding hydrogens is 244 g/mol. The van der Waals surface area contributed by atoms with Crippen LogP contribution in [-0.2, 0) is 0 Å². The molecule has 88 valence electrons. The fourth-order valence-corrected chi connectivity index (χ4v) is 1.91. The van der Waals surface area contributed by atoms with Crippen molar-refractivity contribution in [2.75, 3.05) is 0 Å². The second-order valence-corrected chi connectivity index (χ2v) is 4.37. The van der Waals surface area contributed by atoms with Gasteiger partial charge >= 0.3 is 0 Å². The first kappa shape index (κ1) is 10.9. The number of oxazole rings is 1. The fraction of sp³-hybridized carbons (Fsp3) is 0. The topological polar surface area (TPSA) is 52.0 Å². The maximum atomic E-state index is 5.69. The van der Waals surface area contributed by atoms with Crippen LogP contribution in [0.25, 0.3) is 22.6 Å². The van der Waals surface area contributed by atoms with Gasteiger partial charge in [0.2, 0.25) is 5.89 Å². The van der Waals surface area contributed by atoms with Gasteiger partial charge in [0.1, 0.15) is 10.5 Å². The third-order valence-electron chi connectivity index (χ3n) is 2.69. The van der Waals surface area contributed by atoms with Gasteiger partial charge in [-0.2, -0.15) is 0 Å². The SMILES string of the molecule is NC(=S)c1ccc2oc(-c3ccccc3)nc2c1. The molecule has 18 heavy (non-hydrogen) atoms. The number of hydrogen-bond acceptors (Lipinski definition) is 3. The Morgan fingerprint density at radius 1 is 1.11 bits per heavy atom. The molecule has 3 aromatic rings.